The van der Waals surface area contributed by atoms with Crippen LogP contribution in [0.15, 0.2) is 47.0 Å². The lowest BCUT2D eigenvalue weighted by Crippen LogP contribution is -2.50. The predicted octanol–water partition coefficient (Wildman–Crippen LogP) is 5.63. The molecule has 0 aliphatic carbocycles. The van der Waals surface area contributed by atoms with Gasteiger partial charge in [0.25, 0.3) is 5.89 Å². The number of halogens is 4. The summed E-state index contributed by atoms with van der Waals surface area (Å²) in [6, 6.07) is 9.18. The van der Waals surface area contributed by atoms with Crippen molar-refractivity contribution >= 4 is 17.0 Å². The molecule has 2 aromatic carbocycles. The molecule has 1 aliphatic rings. The summed E-state index contributed by atoms with van der Waals surface area (Å²) in [7, 11) is 0. The number of carbonyl (C=O) groups excluding carboxylic acids is 1. The molecule has 3 heterocycles. The highest BCUT2D eigenvalue weighted by Crippen LogP contribution is 2.35. The number of hydrogen-bond acceptors (Lipinski definition) is 6. The largest absolute Gasteiger partial charge is 0.444 e. The molecular formula is C25H23F4N5O3. The number of nitrogens with zero attached hydrogens (tertiary/aromatic N) is 5. The van der Waals surface area contributed by atoms with Crippen molar-refractivity contribution in [2.75, 3.05) is 13.1 Å². The maximum absolute atomic E-state index is 14.9. The molecule has 0 bridgehead atoms. The number of carbonyl (C=O) groups is 1. The molecule has 37 heavy (non-hydrogen) atoms. The highest BCUT2D eigenvalue weighted by atomic mass is 19.4. The third kappa shape index (κ3) is 5.00. The van der Waals surface area contributed by atoms with Crippen LogP contribution < -0.4 is 0 Å². The van der Waals surface area contributed by atoms with Gasteiger partial charge in [0.05, 0.1) is 22.2 Å². The van der Waals surface area contributed by atoms with Crippen LogP contribution in [0.3, 0.4) is 0 Å². The monoisotopic (exact) mass is 517 g/mol. The van der Waals surface area contributed by atoms with Crippen molar-refractivity contribution in [3.05, 3.63) is 65.4 Å². The van der Waals surface area contributed by atoms with Gasteiger partial charge in [0.2, 0.25) is 0 Å². The molecule has 194 valence electrons. The summed E-state index contributed by atoms with van der Waals surface area (Å²) in [5.41, 5.74) is -0.336. The van der Waals surface area contributed by atoms with Crippen molar-refractivity contribution in [1.82, 2.24) is 24.8 Å². The number of amides is 1. The third-order valence-corrected chi connectivity index (χ3v) is 5.87. The van der Waals surface area contributed by atoms with Crippen molar-refractivity contribution in [3.8, 4) is 11.5 Å². The molecule has 2 aromatic heterocycles. The summed E-state index contributed by atoms with van der Waals surface area (Å²) >= 11 is 0. The zero-order valence-corrected chi connectivity index (χ0v) is 20.2. The van der Waals surface area contributed by atoms with Crippen LogP contribution in [0, 0.1) is 5.82 Å². The van der Waals surface area contributed by atoms with Crippen LogP contribution >= 0.6 is 0 Å². The van der Waals surface area contributed by atoms with E-state index in [0.717, 1.165) is 12.1 Å². The van der Waals surface area contributed by atoms with Crippen LogP contribution in [-0.4, -0.2) is 49.6 Å². The molecule has 0 atom stereocenters. The second-order valence-corrected chi connectivity index (χ2v) is 9.85. The molecule has 12 heteroatoms. The number of ether oxygens (including phenoxy) is 1. The molecule has 0 radical (unpaired) electrons. The Balaban J connectivity index is 1.38. The Labute approximate surface area is 208 Å². The van der Waals surface area contributed by atoms with Crippen LogP contribution in [0.2, 0.25) is 0 Å². The maximum Gasteiger partial charge on any atom is 0.416 e. The van der Waals surface area contributed by atoms with Crippen LogP contribution in [0.5, 0.6) is 0 Å². The molecule has 0 unspecified atom stereocenters. The highest BCUT2D eigenvalue weighted by Gasteiger charge is 2.38. The van der Waals surface area contributed by atoms with Gasteiger partial charge in [-0.15, -0.1) is 0 Å². The number of alkyl halides is 3. The SMILES string of the molecule is CC(C)(C)OC(=O)N1CC(c2nn(Cc3noc(-c4cccc(C(F)(F)F)c4)n3)c3cccc(F)c23)C1. The number of hydrogen-bond donors (Lipinski definition) is 0. The van der Waals surface area contributed by atoms with Crippen LogP contribution in [0.4, 0.5) is 22.4 Å². The fourth-order valence-corrected chi connectivity index (χ4v) is 4.15. The van der Waals surface area contributed by atoms with E-state index in [0.29, 0.717) is 29.7 Å². The second-order valence-electron chi connectivity index (χ2n) is 9.85. The first-order chi connectivity index (χ1) is 17.4. The van der Waals surface area contributed by atoms with E-state index in [4.69, 9.17) is 9.26 Å². The van der Waals surface area contributed by atoms with Crippen molar-refractivity contribution in [3.63, 3.8) is 0 Å². The standard InChI is InChI=1S/C25H23F4N5O3/c1-24(2,3)36-23(35)33-11-15(12-33)21-20-17(26)8-5-9-18(20)34(31-21)13-19-30-22(37-32-19)14-6-4-7-16(10-14)25(27,28)29/h4-10,15H,11-13H2,1-3H3. The lowest BCUT2D eigenvalue weighted by atomic mass is 9.94. The Morgan fingerprint density at radius 2 is 1.86 bits per heavy atom. The van der Waals surface area contributed by atoms with E-state index in [-0.39, 0.29) is 29.7 Å². The Morgan fingerprint density at radius 1 is 1.14 bits per heavy atom. The molecular weight excluding hydrogens is 494 g/mol. The first kappa shape index (κ1) is 24.7. The van der Waals surface area contributed by atoms with Gasteiger partial charge in [-0.1, -0.05) is 17.3 Å². The topological polar surface area (TPSA) is 86.3 Å². The van der Waals surface area contributed by atoms with Crippen molar-refractivity contribution in [2.45, 2.75) is 45.0 Å². The van der Waals surface area contributed by atoms with E-state index in [1.54, 1.807) is 32.9 Å². The van der Waals surface area contributed by atoms with Gasteiger partial charge in [-0.2, -0.15) is 23.3 Å². The molecule has 0 N–H and O–H groups in total. The van der Waals surface area contributed by atoms with Crippen molar-refractivity contribution in [1.29, 1.82) is 0 Å². The van der Waals surface area contributed by atoms with Gasteiger partial charge in [0.15, 0.2) is 5.82 Å². The lowest BCUT2D eigenvalue weighted by Gasteiger charge is -2.39. The van der Waals surface area contributed by atoms with E-state index in [1.165, 1.54) is 27.8 Å². The van der Waals surface area contributed by atoms with Gasteiger partial charge in [-0.3, -0.25) is 4.68 Å². The van der Waals surface area contributed by atoms with Crippen molar-refractivity contribution in [2.24, 2.45) is 0 Å². The quantitative estimate of drug-likeness (QED) is 0.326. The first-order valence-corrected chi connectivity index (χ1v) is 11.5. The maximum atomic E-state index is 14.9. The fraction of sp³-hybridized carbons (Fsp3) is 0.360. The summed E-state index contributed by atoms with van der Waals surface area (Å²) in [6.07, 6.45) is -4.95. The minimum atomic E-state index is -4.51. The van der Waals surface area contributed by atoms with Crippen LogP contribution in [-0.2, 0) is 17.5 Å². The molecule has 5 rings (SSSR count). The van der Waals surface area contributed by atoms with Gasteiger partial charge >= 0.3 is 12.3 Å². The molecule has 1 aliphatic heterocycles. The summed E-state index contributed by atoms with van der Waals surface area (Å²) in [6.45, 7) is 6.01. The summed E-state index contributed by atoms with van der Waals surface area (Å²) in [4.78, 5) is 18.1. The zero-order chi connectivity index (χ0) is 26.5. The van der Waals surface area contributed by atoms with Gasteiger partial charge in [0, 0.05) is 24.6 Å². The molecule has 4 aromatic rings. The van der Waals surface area contributed by atoms with E-state index in [1.807, 2.05) is 0 Å². The average molecular weight is 517 g/mol. The van der Waals surface area contributed by atoms with Gasteiger partial charge in [-0.05, 0) is 51.1 Å². The number of fused-ring (bicyclic) bond motifs is 1. The van der Waals surface area contributed by atoms with E-state index in [9.17, 15) is 22.4 Å². The van der Waals surface area contributed by atoms with E-state index >= 15 is 0 Å². The Morgan fingerprint density at radius 3 is 2.57 bits per heavy atom. The van der Waals surface area contributed by atoms with Gasteiger partial charge in [0.1, 0.15) is 18.0 Å². The van der Waals surface area contributed by atoms with Gasteiger partial charge < -0.3 is 14.2 Å². The number of benzene rings is 2. The molecule has 0 saturated carbocycles. The minimum Gasteiger partial charge on any atom is -0.444 e. The summed E-state index contributed by atoms with van der Waals surface area (Å²) in [5.74, 6) is -0.557. The zero-order valence-electron chi connectivity index (χ0n) is 20.2. The molecule has 1 amide bonds. The van der Waals surface area contributed by atoms with Gasteiger partial charge in [-0.25, -0.2) is 9.18 Å². The average Bonchev–Trinajstić information content (AvgIpc) is 3.37. The smallest absolute Gasteiger partial charge is 0.416 e. The number of aromatic nitrogens is 4. The van der Waals surface area contributed by atoms with E-state index in [2.05, 4.69) is 15.2 Å². The summed E-state index contributed by atoms with van der Waals surface area (Å²) in [5, 5.41) is 8.80. The first-order valence-electron chi connectivity index (χ1n) is 11.5. The summed E-state index contributed by atoms with van der Waals surface area (Å²) < 4.78 is 66.1. The fourth-order valence-electron chi connectivity index (χ4n) is 4.15. The normalized spacial score (nSPS) is 14.7. The number of rotatable bonds is 4. The predicted molar refractivity (Wildman–Crippen MR) is 124 cm³/mol. The van der Waals surface area contributed by atoms with E-state index < -0.39 is 29.3 Å². The lowest BCUT2D eigenvalue weighted by molar-refractivity contribution is -0.137. The second kappa shape index (κ2) is 8.86. The highest BCUT2D eigenvalue weighted by molar-refractivity contribution is 5.84. The number of likely N-dealkylation sites (tertiary alicyclic amines) is 1. The molecule has 1 saturated heterocycles. The molecule has 8 nitrogen and oxygen atoms in total. The molecule has 0 spiro atoms. The van der Waals surface area contributed by atoms with Crippen molar-refractivity contribution < 1.29 is 31.6 Å². The Bertz CT molecular complexity index is 1470. The minimum absolute atomic E-state index is 0.00488. The molecule has 1 fully saturated rings. The van der Waals surface area contributed by atoms with Crippen LogP contribution in [0.1, 0.15) is 43.8 Å². The Hall–Kier alpha value is -3.96. The van der Waals surface area contributed by atoms with Crippen LogP contribution in [0.25, 0.3) is 22.4 Å². The Kier molecular flexibility index (Phi) is 5.92. The third-order valence-electron chi connectivity index (χ3n) is 5.87.